The lowest BCUT2D eigenvalue weighted by atomic mass is 10.1. The maximum absolute atomic E-state index is 12.0. The predicted molar refractivity (Wildman–Crippen MR) is 74.0 cm³/mol. The van der Waals surface area contributed by atoms with Gasteiger partial charge in [-0.1, -0.05) is 12.1 Å². The third-order valence-corrected chi connectivity index (χ3v) is 3.56. The molecule has 0 atom stereocenters. The van der Waals surface area contributed by atoms with Crippen molar-refractivity contribution in [3.63, 3.8) is 0 Å². The normalized spacial score (nSPS) is 14.2. The number of imide groups is 1. The Hall–Kier alpha value is -2.22. The molecule has 1 aliphatic rings. The summed E-state index contributed by atoms with van der Waals surface area (Å²) in [6, 6.07) is 6.50. The van der Waals surface area contributed by atoms with Gasteiger partial charge < -0.3 is 0 Å². The number of carbonyl (C=O) groups is 3. The largest absolute Gasteiger partial charge is 0.274 e. The first-order valence-corrected chi connectivity index (χ1v) is 8.14. The van der Waals surface area contributed by atoms with Crippen molar-refractivity contribution in [2.45, 2.75) is 12.8 Å². The van der Waals surface area contributed by atoms with E-state index in [1.54, 1.807) is 24.3 Å². The molecule has 0 bridgehead atoms. The fourth-order valence-electron chi connectivity index (χ4n) is 2.10. The number of sulfonamides is 1. The number of fused-ring (bicyclic) bond motifs is 1. The highest BCUT2D eigenvalue weighted by Crippen LogP contribution is 2.22. The van der Waals surface area contributed by atoms with Crippen LogP contribution < -0.4 is 4.72 Å². The lowest BCUT2D eigenvalue weighted by molar-refractivity contribution is -0.119. The molecule has 1 N–H and O–H groups in total. The summed E-state index contributed by atoms with van der Waals surface area (Å²) in [5.74, 6) is -1.44. The first kappa shape index (κ1) is 15.2. The molecule has 1 aromatic rings. The van der Waals surface area contributed by atoms with E-state index in [2.05, 4.69) is 0 Å². The minimum Gasteiger partial charge on any atom is -0.274 e. The van der Waals surface area contributed by atoms with Crippen LogP contribution in [0.2, 0.25) is 0 Å². The Morgan fingerprint density at radius 1 is 1.14 bits per heavy atom. The van der Waals surface area contributed by atoms with E-state index in [4.69, 9.17) is 0 Å². The third-order valence-electron chi connectivity index (χ3n) is 2.96. The molecule has 0 unspecified atom stereocenters. The number of benzene rings is 1. The number of hydrogen-bond donors (Lipinski definition) is 1. The Labute approximate surface area is 122 Å². The van der Waals surface area contributed by atoms with E-state index < -0.39 is 15.9 Å². The number of nitrogens with one attached hydrogen (secondary N) is 1. The smallest absolute Gasteiger partial charge is 0.261 e. The highest BCUT2D eigenvalue weighted by atomic mass is 32.2. The van der Waals surface area contributed by atoms with E-state index in [0.29, 0.717) is 11.1 Å². The highest BCUT2D eigenvalue weighted by molar-refractivity contribution is 7.89. The maximum atomic E-state index is 12.0. The van der Waals surface area contributed by atoms with Crippen LogP contribution in [0.3, 0.4) is 0 Å². The molecule has 0 aromatic heterocycles. The molecule has 8 heteroatoms. The van der Waals surface area contributed by atoms with Crippen molar-refractivity contribution in [2.75, 3.05) is 12.8 Å². The average Bonchev–Trinajstić information content (AvgIpc) is 2.62. The maximum Gasteiger partial charge on any atom is 0.261 e. The number of rotatable bonds is 5. The molecule has 7 nitrogen and oxygen atoms in total. The molecule has 1 aliphatic heterocycles. The minimum atomic E-state index is -3.59. The van der Waals surface area contributed by atoms with Gasteiger partial charge in [-0.15, -0.1) is 0 Å². The Morgan fingerprint density at radius 3 is 2.14 bits per heavy atom. The molecule has 112 valence electrons. The molecule has 0 fully saturated rings. The van der Waals surface area contributed by atoms with E-state index in [0.717, 1.165) is 11.2 Å². The van der Waals surface area contributed by atoms with E-state index in [1.807, 2.05) is 4.72 Å². The summed E-state index contributed by atoms with van der Waals surface area (Å²) in [6.07, 6.45) is 1.00. The van der Waals surface area contributed by atoms with Gasteiger partial charge in [-0.3, -0.25) is 24.0 Å². The third kappa shape index (κ3) is 3.46. The highest BCUT2D eigenvalue weighted by Gasteiger charge is 2.34. The summed E-state index contributed by atoms with van der Waals surface area (Å²) in [6.45, 7) is 0.0729. The SMILES string of the molecule is CS(=O)(=O)NC(=O)CCCN1C(=O)c2ccccc2C1=O. The Kier molecular flexibility index (Phi) is 4.08. The summed E-state index contributed by atoms with van der Waals surface area (Å²) in [7, 11) is -3.59. The van der Waals surface area contributed by atoms with Gasteiger partial charge in [0.05, 0.1) is 17.4 Å². The lowest BCUT2D eigenvalue weighted by Gasteiger charge is -2.13. The predicted octanol–water partition coefficient (Wildman–Crippen LogP) is 0.139. The first-order valence-electron chi connectivity index (χ1n) is 6.25. The molecule has 2 rings (SSSR count). The van der Waals surface area contributed by atoms with Crippen LogP contribution in [0.4, 0.5) is 0 Å². The molecule has 3 amide bonds. The zero-order chi connectivity index (χ0) is 15.6. The van der Waals surface area contributed by atoms with Crippen molar-refractivity contribution in [2.24, 2.45) is 0 Å². The van der Waals surface area contributed by atoms with Gasteiger partial charge in [-0.25, -0.2) is 8.42 Å². The Bertz CT molecular complexity index is 676. The van der Waals surface area contributed by atoms with Crippen LogP contribution in [-0.4, -0.2) is 43.8 Å². The number of carbonyl (C=O) groups excluding carboxylic acids is 3. The van der Waals surface area contributed by atoms with Gasteiger partial charge in [0.1, 0.15) is 0 Å². The van der Waals surface area contributed by atoms with Crippen LogP contribution in [0.5, 0.6) is 0 Å². The molecule has 0 saturated carbocycles. The number of hydrogen-bond acceptors (Lipinski definition) is 5. The standard InChI is InChI=1S/C13H14N2O5S/c1-21(19,20)14-11(16)7-4-8-15-12(17)9-5-2-3-6-10(9)13(15)18/h2-3,5-6H,4,7-8H2,1H3,(H,14,16). The molecule has 0 spiro atoms. The zero-order valence-electron chi connectivity index (χ0n) is 11.3. The van der Waals surface area contributed by atoms with Gasteiger partial charge in [0.15, 0.2) is 0 Å². The van der Waals surface area contributed by atoms with Crippen LogP contribution in [0, 0.1) is 0 Å². The lowest BCUT2D eigenvalue weighted by Crippen LogP contribution is -2.33. The van der Waals surface area contributed by atoms with Crippen molar-refractivity contribution in [3.05, 3.63) is 35.4 Å². The molecule has 21 heavy (non-hydrogen) atoms. The van der Waals surface area contributed by atoms with Crippen LogP contribution in [0.1, 0.15) is 33.6 Å². The monoisotopic (exact) mass is 310 g/mol. The number of amides is 3. The van der Waals surface area contributed by atoms with Gasteiger partial charge in [0.2, 0.25) is 15.9 Å². The summed E-state index contributed by atoms with van der Waals surface area (Å²) in [4.78, 5) is 36.4. The van der Waals surface area contributed by atoms with Crippen molar-refractivity contribution in [3.8, 4) is 0 Å². The molecular weight excluding hydrogens is 296 g/mol. The fourth-order valence-corrected chi connectivity index (χ4v) is 2.61. The zero-order valence-corrected chi connectivity index (χ0v) is 12.1. The van der Waals surface area contributed by atoms with Crippen LogP contribution in [-0.2, 0) is 14.8 Å². The second-order valence-electron chi connectivity index (χ2n) is 4.71. The fraction of sp³-hybridized carbons (Fsp3) is 0.308. The van der Waals surface area contributed by atoms with Crippen molar-refractivity contribution in [1.82, 2.24) is 9.62 Å². The molecule has 1 heterocycles. The van der Waals surface area contributed by atoms with E-state index in [9.17, 15) is 22.8 Å². The van der Waals surface area contributed by atoms with E-state index in [1.165, 1.54) is 0 Å². The van der Waals surface area contributed by atoms with Crippen molar-refractivity contribution in [1.29, 1.82) is 0 Å². The summed E-state index contributed by atoms with van der Waals surface area (Å²) in [5.41, 5.74) is 0.700. The van der Waals surface area contributed by atoms with Crippen molar-refractivity contribution < 1.29 is 22.8 Å². The molecule has 0 saturated heterocycles. The topological polar surface area (TPSA) is 101 Å². The second-order valence-corrected chi connectivity index (χ2v) is 6.46. The Balaban J connectivity index is 1.93. The Morgan fingerprint density at radius 2 is 1.67 bits per heavy atom. The second kappa shape index (κ2) is 5.65. The van der Waals surface area contributed by atoms with Crippen molar-refractivity contribution >= 4 is 27.7 Å². The van der Waals surface area contributed by atoms with Gasteiger partial charge in [0.25, 0.3) is 11.8 Å². The van der Waals surface area contributed by atoms with E-state index in [-0.39, 0.29) is 31.2 Å². The quantitative estimate of drug-likeness (QED) is 0.780. The van der Waals surface area contributed by atoms with E-state index >= 15 is 0 Å². The minimum absolute atomic E-state index is 0.0729. The summed E-state index contributed by atoms with van der Waals surface area (Å²) >= 11 is 0. The van der Waals surface area contributed by atoms with Gasteiger partial charge in [0, 0.05) is 13.0 Å². The van der Waals surface area contributed by atoms with Gasteiger partial charge in [-0.2, -0.15) is 0 Å². The molecular formula is C13H14N2O5S. The molecule has 0 radical (unpaired) electrons. The summed E-state index contributed by atoms with van der Waals surface area (Å²) < 4.78 is 23.6. The van der Waals surface area contributed by atoms with Gasteiger partial charge in [-0.05, 0) is 18.6 Å². The van der Waals surface area contributed by atoms with Crippen LogP contribution in [0.25, 0.3) is 0 Å². The first-order chi connectivity index (χ1) is 9.79. The van der Waals surface area contributed by atoms with Gasteiger partial charge >= 0.3 is 0 Å². The molecule has 1 aromatic carbocycles. The average molecular weight is 310 g/mol. The number of nitrogens with zero attached hydrogens (tertiary/aromatic N) is 1. The van der Waals surface area contributed by atoms with Crippen LogP contribution >= 0.6 is 0 Å². The summed E-state index contributed by atoms with van der Waals surface area (Å²) in [5, 5.41) is 0. The van der Waals surface area contributed by atoms with Crippen LogP contribution in [0.15, 0.2) is 24.3 Å². The molecule has 0 aliphatic carbocycles.